The van der Waals surface area contributed by atoms with Gasteiger partial charge in [-0.25, -0.2) is 4.39 Å². The molecule has 1 heterocycles. The molecule has 2 nitrogen and oxygen atoms in total. The van der Waals surface area contributed by atoms with Gasteiger partial charge in [0.05, 0.1) is 16.3 Å². The van der Waals surface area contributed by atoms with Gasteiger partial charge in [-0.15, -0.1) is 0 Å². The van der Waals surface area contributed by atoms with Crippen LogP contribution in [0.1, 0.15) is 0 Å². The van der Waals surface area contributed by atoms with Crippen LogP contribution in [-0.2, 0) is 0 Å². The summed E-state index contributed by atoms with van der Waals surface area (Å²) < 4.78 is 17.4. The maximum absolute atomic E-state index is 13.4. The average Bonchev–Trinajstić information content (AvgIpc) is 2.52. The molecule has 0 atom stereocenters. The van der Waals surface area contributed by atoms with Crippen molar-refractivity contribution in [2.45, 2.75) is 0 Å². The molecule has 0 saturated carbocycles. The van der Waals surface area contributed by atoms with Crippen LogP contribution in [0.3, 0.4) is 0 Å². The van der Waals surface area contributed by atoms with Crippen LogP contribution >= 0.6 is 23.1 Å². The Morgan fingerprint density at radius 1 is 1.43 bits per heavy atom. The van der Waals surface area contributed by atoms with Crippen LogP contribution in [0.2, 0.25) is 5.02 Å². The Hall–Kier alpha value is -1.13. The van der Waals surface area contributed by atoms with Gasteiger partial charge in [-0.3, -0.25) is 0 Å². The van der Waals surface area contributed by atoms with Crippen molar-refractivity contribution < 1.29 is 4.39 Å². The zero-order chi connectivity index (χ0) is 10.1. The quantitative estimate of drug-likeness (QED) is 0.814. The number of nitrogens with zero attached hydrogens (tertiary/aromatic N) is 1. The van der Waals surface area contributed by atoms with Gasteiger partial charge in [0, 0.05) is 5.38 Å². The number of benzene rings is 1. The molecular weight excluding hydrogens is 223 g/mol. The highest BCUT2D eigenvalue weighted by Crippen LogP contribution is 2.33. The summed E-state index contributed by atoms with van der Waals surface area (Å²) >= 11 is 7.04. The molecule has 14 heavy (non-hydrogen) atoms. The summed E-state index contributed by atoms with van der Waals surface area (Å²) in [5, 5.41) is 1.97. The van der Waals surface area contributed by atoms with E-state index in [-0.39, 0.29) is 5.56 Å². The number of anilines is 1. The molecule has 1 aromatic carbocycles. The molecule has 0 aliphatic heterocycles. The summed E-state index contributed by atoms with van der Waals surface area (Å²) in [6, 6.07) is 4.49. The molecule has 2 aromatic rings. The third kappa shape index (κ3) is 1.47. The van der Waals surface area contributed by atoms with Gasteiger partial charge in [-0.2, -0.15) is 4.37 Å². The van der Waals surface area contributed by atoms with Crippen molar-refractivity contribution in [2.75, 3.05) is 5.73 Å². The van der Waals surface area contributed by atoms with Crippen molar-refractivity contribution in [2.24, 2.45) is 0 Å². The predicted octanol–water partition coefficient (Wildman–Crippen LogP) is 3.18. The van der Waals surface area contributed by atoms with Gasteiger partial charge in [0.25, 0.3) is 0 Å². The monoisotopic (exact) mass is 228 g/mol. The minimum absolute atomic E-state index is 0.271. The third-order valence-electron chi connectivity index (χ3n) is 1.80. The molecule has 0 fully saturated rings. The van der Waals surface area contributed by atoms with E-state index in [1.807, 2.05) is 0 Å². The molecule has 0 spiro atoms. The number of nitrogens with two attached hydrogens (primary N) is 1. The standard InChI is InChI=1S/C9H6ClFN2S/c10-5-2-1-3-6(11)8(5)9-7(12)4-14-13-9/h1-4H,12H2. The van der Waals surface area contributed by atoms with Gasteiger partial charge in [0.1, 0.15) is 11.5 Å². The second kappa shape index (κ2) is 3.55. The molecule has 0 saturated heterocycles. The first-order chi connectivity index (χ1) is 6.70. The van der Waals surface area contributed by atoms with Crippen LogP contribution in [0, 0.1) is 5.82 Å². The van der Waals surface area contributed by atoms with Crippen molar-refractivity contribution >= 4 is 28.8 Å². The zero-order valence-electron chi connectivity index (χ0n) is 7.00. The maximum atomic E-state index is 13.4. The van der Waals surface area contributed by atoms with Crippen LogP contribution in [-0.4, -0.2) is 4.37 Å². The van der Waals surface area contributed by atoms with Crippen LogP contribution < -0.4 is 5.73 Å². The maximum Gasteiger partial charge on any atom is 0.134 e. The molecular formula is C9H6ClFN2S. The molecule has 0 aliphatic rings. The van der Waals surface area contributed by atoms with Crippen LogP contribution in [0.15, 0.2) is 23.6 Å². The van der Waals surface area contributed by atoms with E-state index in [0.29, 0.717) is 16.4 Å². The van der Waals surface area contributed by atoms with Crippen LogP contribution in [0.4, 0.5) is 10.1 Å². The van der Waals surface area contributed by atoms with E-state index < -0.39 is 5.82 Å². The first-order valence-electron chi connectivity index (χ1n) is 3.84. The normalized spacial score (nSPS) is 10.4. The first kappa shape index (κ1) is 9.43. The molecule has 0 amide bonds. The number of rotatable bonds is 1. The molecule has 72 valence electrons. The minimum Gasteiger partial charge on any atom is -0.396 e. The summed E-state index contributed by atoms with van der Waals surface area (Å²) in [6.45, 7) is 0. The SMILES string of the molecule is Nc1csnc1-c1c(F)cccc1Cl. The van der Waals surface area contributed by atoms with Crippen LogP contribution in [0.25, 0.3) is 11.3 Å². The largest absolute Gasteiger partial charge is 0.396 e. The van der Waals surface area contributed by atoms with E-state index >= 15 is 0 Å². The molecule has 5 heteroatoms. The van der Waals surface area contributed by atoms with E-state index in [2.05, 4.69) is 4.37 Å². The fourth-order valence-corrected chi connectivity index (χ4v) is 1.99. The number of hydrogen-bond acceptors (Lipinski definition) is 3. The molecule has 0 radical (unpaired) electrons. The van der Waals surface area contributed by atoms with Crippen molar-refractivity contribution in [3.63, 3.8) is 0 Å². The number of halogens is 2. The fraction of sp³-hybridized carbons (Fsp3) is 0. The Morgan fingerprint density at radius 2 is 2.21 bits per heavy atom. The second-order valence-corrected chi connectivity index (χ2v) is 3.75. The smallest absolute Gasteiger partial charge is 0.134 e. The first-order valence-corrected chi connectivity index (χ1v) is 5.06. The van der Waals surface area contributed by atoms with E-state index in [0.717, 1.165) is 0 Å². The lowest BCUT2D eigenvalue weighted by Crippen LogP contribution is -1.90. The van der Waals surface area contributed by atoms with E-state index in [9.17, 15) is 4.39 Å². The lowest BCUT2D eigenvalue weighted by Gasteiger charge is -2.02. The Bertz CT molecular complexity index is 449. The zero-order valence-corrected chi connectivity index (χ0v) is 8.57. The van der Waals surface area contributed by atoms with Crippen molar-refractivity contribution in [1.29, 1.82) is 0 Å². The predicted molar refractivity (Wildman–Crippen MR) is 56.9 cm³/mol. The van der Waals surface area contributed by atoms with Gasteiger partial charge in [0.15, 0.2) is 0 Å². The van der Waals surface area contributed by atoms with E-state index in [1.54, 1.807) is 17.5 Å². The van der Waals surface area contributed by atoms with Crippen molar-refractivity contribution in [1.82, 2.24) is 4.37 Å². The fourth-order valence-electron chi connectivity index (χ4n) is 1.16. The molecule has 1 aromatic heterocycles. The van der Waals surface area contributed by atoms with Gasteiger partial charge < -0.3 is 5.73 Å². The second-order valence-electron chi connectivity index (χ2n) is 2.72. The van der Waals surface area contributed by atoms with Gasteiger partial charge in [0.2, 0.25) is 0 Å². The van der Waals surface area contributed by atoms with Crippen molar-refractivity contribution in [3.05, 3.63) is 34.4 Å². The van der Waals surface area contributed by atoms with Crippen molar-refractivity contribution in [3.8, 4) is 11.3 Å². The molecule has 0 unspecified atom stereocenters. The molecule has 0 aliphatic carbocycles. The highest BCUT2D eigenvalue weighted by atomic mass is 35.5. The number of aromatic nitrogens is 1. The minimum atomic E-state index is -0.407. The molecule has 0 bridgehead atoms. The average molecular weight is 229 g/mol. The Labute approximate surface area is 89.3 Å². The van der Waals surface area contributed by atoms with Gasteiger partial charge in [-0.1, -0.05) is 17.7 Å². The summed E-state index contributed by atoms with van der Waals surface area (Å²) in [5.41, 5.74) is 6.77. The summed E-state index contributed by atoms with van der Waals surface area (Å²) in [5.74, 6) is -0.407. The van der Waals surface area contributed by atoms with Crippen LogP contribution in [0.5, 0.6) is 0 Å². The summed E-state index contributed by atoms with van der Waals surface area (Å²) in [4.78, 5) is 0. The number of nitrogen functional groups attached to an aromatic ring is 1. The third-order valence-corrected chi connectivity index (χ3v) is 2.76. The molecule has 2 N–H and O–H groups in total. The lowest BCUT2D eigenvalue weighted by atomic mass is 10.1. The summed E-state index contributed by atoms with van der Waals surface area (Å²) in [7, 11) is 0. The van der Waals surface area contributed by atoms with E-state index in [1.165, 1.54) is 17.6 Å². The van der Waals surface area contributed by atoms with Gasteiger partial charge in [-0.05, 0) is 23.7 Å². The summed E-state index contributed by atoms with van der Waals surface area (Å²) in [6.07, 6.45) is 0. The van der Waals surface area contributed by atoms with E-state index in [4.69, 9.17) is 17.3 Å². The highest BCUT2D eigenvalue weighted by molar-refractivity contribution is 7.04. The molecule has 2 rings (SSSR count). The number of hydrogen-bond donors (Lipinski definition) is 1. The topological polar surface area (TPSA) is 38.9 Å². The Kier molecular flexibility index (Phi) is 2.39. The Morgan fingerprint density at radius 3 is 2.79 bits per heavy atom. The Balaban J connectivity index is 2.68. The highest BCUT2D eigenvalue weighted by Gasteiger charge is 2.14. The lowest BCUT2D eigenvalue weighted by molar-refractivity contribution is 0.631. The van der Waals surface area contributed by atoms with Gasteiger partial charge >= 0.3 is 0 Å².